The molecule has 0 fully saturated rings. The molecule has 246 valence electrons. The fraction of sp³-hybridized carbons (Fsp3) is 0.0426. The molecule has 0 aliphatic carbocycles. The summed E-state index contributed by atoms with van der Waals surface area (Å²) in [5, 5.41) is 5.01. The maximum atomic E-state index is 6.32. The highest BCUT2D eigenvalue weighted by Gasteiger charge is 2.38. The number of hydrogen-bond acceptors (Lipinski definition) is 4. The van der Waals surface area contributed by atoms with Crippen molar-refractivity contribution in [2.45, 2.75) is 13.1 Å². The molecule has 0 saturated carbocycles. The van der Waals surface area contributed by atoms with Crippen molar-refractivity contribution in [1.82, 2.24) is 15.0 Å². The van der Waals surface area contributed by atoms with Gasteiger partial charge in [-0.2, -0.15) is 0 Å². The van der Waals surface area contributed by atoms with Crippen LogP contribution in [0.4, 0.5) is 0 Å². The molecule has 4 nitrogen and oxygen atoms in total. The van der Waals surface area contributed by atoms with E-state index in [1.54, 1.807) is 0 Å². The molecule has 1 aliphatic heterocycles. The highest BCUT2D eigenvalue weighted by Crippen LogP contribution is 2.39. The molecule has 52 heavy (non-hydrogen) atoms. The van der Waals surface area contributed by atoms with Crippen molar-refractivity contribution in [2.24, 2.45) is 0 Å². The second kappa shape index (κ2) is 11.8. The van der Waals surface area contributed by atoms with Gasteiger partial charge in [0.1, 0.15) is 19.2 Å². The Morgan fingerprint density at radius 1 is 0.365 bits per heavy atom. The maximum absolute atomic E-state index is 6.32. The van der Waals surface area contributed by atoms with Gasteiger partial charge in [-0.1, -0.05) is 140 Å². The lowest BCUT2D eigenvalue weighted by molar-refractivity contribution is 0.669. The van der Waals surface area contributed by atoms with E-state index in [0.717, 1.165) is 55.3 Å². The van der Waals surface area contributed by atoms with E-state index in [4.69, 9.17) is 19.4 Å². The molecule has 5 heteroatoms. The molecule has 0 saturated heterocycles. The van der Waals surface area contributed by atoms with Crippen LogP contribution in [0.1, 0.15) is 0 Å². The van der Waals surface area contributed by atoms with Crippen molar-refractivity contribution in [3.63, 3.8) is 0 Å². The standard InChI is InChI=1S/C47H33N3OSi/c1-52(2)43-21-13-12-20-35(43)39-28-40(36(29-44(39)52)31-16-8-4-9-17-31)47-49-45(32-18-10-5-11-19-32)48-46(50-47)34-23-25-42-38(27-34)37-26-33(22-24-41(37)51-42)30-14-6-3-7-15-30/h3-29H,1-2H3. The SMILES string of the molecule is C[Si]1(C)c2ccccc2-c2cc(-c3nc(-c4ccccc4)nc(-c4ccc5oc6ccc(-c7ccccc7)cc6c5c4)n3)c(-c3ccccc3)cc21. The quantitative estimate of drug-likeness (QED) is 0.169. The highest BCUT2D eigenvalue weighted by molar-refractivity contribution is 7.03. The summed E-state index contributed by atoms with van der Waals surface area (Å²) in [7, 11) is -1.93. The van der Waals surface area contributed by atoms with Crippen molar-refractivity contribution in [1.29, 1.82) is 0 Å². The number of fused-ring (bicyclic) bond motifs is 6. The predicted molar refractivity (Wildman–Crippen MR) is 216 cm³/mol. The van der Waals surface area contributed by atoms with Gasteiger partial charge in [-0.15, -0.1) is 0 Å². The van der Waals surface area contributed by atoms with E-state index in [-0.39, 0.29) is 0 Å². The monoisotopic (exact) mass is 683 g/mol. The zero-order valence-corrected chi connectivity index (χ0v) is 29.8. The predicted octanol–water partition coefficient (Wildman–Crippen LogP) is 10.9. The molecule has 0 amide bonds. The van der Waals surface area contributed by atoms with E-state index in [1.807, 2.05) is 30.3 Å². The smallest absolute Gasteiger partial charge is 0.164 e. The third-order valence-corrected chi connectivity index (χ3v) is 14.1. The minimum absolute atomic E-state index is 0.619. The average molecular weight is 684 g/mol. The lowest BCUT2D eigenvalue weighted by atomic mass is 9.94. The van der Waals surface area contributed by atoms with Gasteiger partial charge in [0.25, 0.3) is 0 Å². The molecule has 0 bridgehead atoms. The molecule has 3 heterocycles. The van der Waals surface area contributed by atoms with Crippen LogP contribution in [0.15, 0.2) is 168 Å². The Balaban J connectivity index is 1.21. The van der Waals surface area contributed by atoms with Gasteiger partial charge in [0, 0.05) is 27.5 Å². The van der Waals surface area contributed by atoms with Crippen molar-refractivity contribution in [2.75, 3.05) is 0 Å². The van der Waals surface area contributed by atoms with Crippen LogP contribution in [0.25, 0.3) is 89.5 Å². The Morgan fingerprint density at radius 2 is 0.904 bits per heavy atom. The van der Waals surface area contributed by atoms with Crippen LogP contribution in [0, 0.1) is 0 Å². The first-order valence-electron chi connectivity index (χ1n) is 17.7. The Morgan fingerprint density at radius 3 is 1.60 bits per heavy atom. The van der Waals surface area contributed by atoms with Crippen LogP contribution in [0.3, 0.4) is 0 Å². The Hall–Kier alpha value is -6.43. The van der Waals surface area contributed by atoms with Gasteiger partial charge in [0.2, 0.25) is 0 Å². The van der Waals surface area contributed by atoms with Gasteiger partial charge < -0.3 is 4.42 Å². The van der Waals surface area contributed by atoms with Gasteiger partial charge in [-0.05, 0) is 80.2 Å². The van der Waals surface area contributed by atoms with Crippen LogP contribution < -0.4 is 10.4 Å². The lowest BCUT2D eigenvalue weighted by Crippen LogP contribution is -2.49. The molecule has 0 radical (unpaired) electrons. The van der Waals surface area contributed by atoms with Crippen LogP contribution >= 0.6 is 0 Å². The molecule has 9 aromatic rings. The molecular weight excluding hydrogens is 651 g/mol. The maximum Gasteiger partial charge on any atom is 0.164 e. The largest absolute Gasteiger partial charge is 0.456 e. The number of furan rings is 1. The van der Waals surface area contributed by atoms with E-state index in [1.165, 1.54) is 27.1 Å². The van der Waals surface area contributed by atoms with E-state index < -0.39 is 8.07 Å². The molecule has 7 aromatic carbocycles. The van der Waals surface area contributed by atoms with Crippen LogP contribution in [0.5, 0.6) is 0 Å². The van der Waals surface area contributed by atoms with Gasteiger partial charge >= 0.3 is 0 Å². The van der Waals surface area contributed by atoms with Crippen LogP contribution in [-0.4, -0.2) is 23.0 Å². The lowest BCUT2D eigenvalue weighted by Gasteiger charge is -2.21. The first-order chi connectivity index (χ1) is 25.5. The van der Waals surface area contributed by atoms with Crippen molar-refractivity contribution in [3.05, 3.63) is 164 Å². The molecular formula is C47H33N3OSi. The number of rotatable bonds is 5. The topological polar surface area (TPSA) is 51.8 Å². The first kappa shape index (κ1) is 30.4. The minimum atomic E-state index is -1.93. The third-order valence-electron chi connectivity index (χ3n) is 10.5. The van der Waals surface area contributed by atoms with Gasteiger partial charge in [-0.25, -0.2) is 15.0 Å². The molecule has 2 aromatic heterocycles. The normalized spacial score (nSPS) is 13.0. The average Bonchev–Trinajstić information content (AvgIpc) is 3.68. The number of hydrogen-bond donors (Lipinski definition) is 0. The van der Waals surface area contributed by atoms with Crippen molar-refractivity contribution in [3.8, 4) is 67.5 Å². The van der Waals surface area contributed by atoms with E-state index >= 15 is 0 Å². The van der Waals surface area contributed by atoms with Crippen LogP contribution in [-0.2, 0) is 0 Å². The second-order valence-electron chi connectivity index (χ2n) is 14.0. The second-order valence-corrected chi connectivity index (χ2v) is 18.4. The summed E-state index contributed by atoms with van der Waals surface area (Å²) in [5.74, 6) is 1.91. The zero-order chi connectivity index (χ0) is 34.8. The van der Waals surface area contributed by atoms with Gasteiger partial charge in [-0.3, -0.25) is 0 Å². The van der Waals surface area contributed by atoms with Gasteiger partial charge in [0.05, 0.1) is 0 Å². The molecule has 0 atom stereocenters. The summed E-state index contributed by atoms with van der Waals surface area (Å²) >= 11 is 0. The summed E-state index contributed by atoms with van der Waals surface area (Å²) in [6.45, 7) is 4.92. The first-order valence-corrected chi connectivity index (χ1v) is 20.7. The summed E-state index contributed by atoms with van der Waals surface area (Å²) in [6.07, 6.45) is 0. The fourth-order valence-electron chi connectivity index (χ4n) is 7.86. The van der Waals surface area contributed by atoms with Crippen molar-refractivity contribution < 1.29 is 4.42 Å². The highest BCUT2D eigenvalue weighted by atomic mass is 28.3. The Labute approximate surface area is 303 Å². The minimum Gasteiger partial charge on any atom is -0.456 e. The molecule has 0 N–H and O–H groups in total. The summed E-state index contributed by atoms with van der Waals surface area (Å²) in [5.41, 5.74) is 11.7. The molecule has 10 rings (SSSR count). The zero-order valence-electron chi connectivity index (χ0n) is 28.8. The summed E-state index contributed by atoms with van der Waals surface area (Å²) < 4.78 is 6.32. The number of benzene rings is 7. The number of nitrogens with zero attached hydrogens (tertiary/aromatic N) is 3. The molecule has 0 spiro atoms. The Bertz CT molecular complexity index is 2810. The summed E-state index contributed by atoms with van der Waals surface area (Å²) in [4.78, 5) is 15.6. The molecule has 1 aliphatic rings. The van der Waals surface area contributed by atoms with Crippen molar-refractivity contribution >= 4 is 40.4 Å². The van der Waals surface area contributed by atoms with Crippen LogP contribution in [0.2, 0.25) is 13.1 Å². The fourth-order valence-corrected chi connectivity index (χ4v) is 10.9. The van der Waals surface area contributed by atoms with E-state index in [9.17, 15) is 0 Å². The molecule has 0 unspecified atom stereocenters. The Kier molecular flexibility index (Phi) is 6.91. The summed E-state index contributed by atoms with van der Waals surface area (Å²) in [6, 6.07) is 57.6. The van der Waals surface area contributed by atoms with Gasteiger partial charge in [0.15, 0.2) is 17.5 Å². The number of aromatic nitrogens is 3. The van der Waals surface area contributed by atoms with E-state index in [2.05, 4.69) is 147 Å². The third kappa shape index (κ3) is 4.93. The van der Waals surface area contributed by atoms with E-state index in [0.29, 0.717) is 17.5 Å².